The highest BCUT2D eigenvalue weighted by molar-refractivity contribution is 6.06. The number of benzene rings is 1. The second-order valence-electron chi connectivity index (χ2n) is 14.1. The van der Waals surface area contributed by atoms with E-state index in [2.05, 4.69) is 37.0 Å². The van der Waals surface area contributed by atoms with E-state index in [4.69, 9.17) is 14.2 Å². The Kier molecular flexibility index (Phi) is 8.30. The van der Waals surface area contributed by atoms with Gasteiger partial charge in [-0.05, 0) is 117 Å². The first-order valence-electron chi connectivity index (χ1n) is 16.4. The number of rotatable bonds is 7. The summed E-state index contributed by atoms with van der Waals surface area (Å²) in [5.74, 6) is 3.12. The highest BCUT2D eigenvalue weighted by atomic mass is 16.5. The number of fused-ring (bicyclic) bond motifs is 5. The van der Waals surface area contributed by atoms with Gasteiger partial charge in [0, 0.05) is 25.3 Å². The minimum Gasteiger partial charge on any atom is -0.493 e. The van der Waals surface area contributed by atoms with Crippen molar-refractivity contribution in [2.45, 2.75) is 91.1 Å². The summed E-state index contributed by atoms with van der Waals surface area (Å²) in [7, 11) is 1.69. The number of piperidine rings is 1. The van der Waals surface area contributed by atoms with Crippen LogP contribution in [-0.4, -0.2) is 56.1 Å². The Morgan fingerprint density at radius 3 is 2.57 bits per heavy atom. The quantitative estimate of drug-likeness (QED) is 0.198. The largest absolute Gasteiger partial charge is 0.493 e. The van der Waals surface area contributed by atoms with Crippen molar-refractivity contribution in [3.8, 4) is 11.5 Å². The molecular weight excluding hydrogens is 526 g/mol. The third kappa shape index (κ3) is 5.44. The predicted octanol–water partition coefficient (Wildman–Crippen LogP) is 7.02. The number of carbonyl (C=O) groups excluding carboxylic acids is 2. The van der Waals surface area contributed by atoms with Crippen molar-refractivity contribution in [3.63, 3.8) is 0 Å². The van der Waals surface area contributed by atoms with E-state index in [-0.39, 0.29) is 22.9 Å². The fraction of sp³-hybridized carbons (Fsp3) is 0.667. The van der Waals surface area contributed by atoms with Crippen LogP contribution in [0.2, 0.25) is 0 Å². The zero-order valence-corrected chi connectivity index (χ0v) is 26.1. The first-order chi connectivity index (χ1) is 20.2. The van der Waals surface area contributed by atoms with Crippen LogP contribution < -0.4 is 9.47 Å². The Morgan fingerprint density at radius 2 is 1.81 bits per heavy atom. The fourth-order valence-electron chi connectivity index (χ4n) is 9.32. The van der Waals surface area contributed by atoms with E-state index in [1.165, 1.54) is 31.8 Å². The second kappa shape index (κ2) is 11.8. The van der Waals surface area contributed by atoms with Gasteiger partial charge in [0.2, 0.25) is 0 Å². The minimum atomic E-state index is -0.286. The summed E-state index contributed by atoms with van der Waals surface area (Å²) < 4.78 is 17.4. The minimum absolute atomic E-state index is 0.0123. The molecule has 3 saturated carbocycles. The van der Waals surface area contributed by atoms with Crippen LogP contribution in [0.1, 0.15) is 90.5 Å². The standard InChI is InChI=1S/C36H49NO5/c1-24(38)42-28-12-14-35(2)27(23-28)9-10-29-30(35)13-15-36(3)31(29)22-26(34(36)39)20-25-8-11-32(33(21-25)40-4)41-19-18-37-16-6-5-7-17-37/h8-9,11,20-21,28-31H,5-7,10,12-19,22-23H2,1-4H3/b26-20-/t28-,29+,30-,31-,35-,36-/m0/s1. The monoisotopic (exact) mass is 575 g/mol. The zero-order valence-electron chi connectivity index (χ0n) is 26.1. The molecule has 1 aromatic carbocycles. The molecule has 42 heavy (non-hydrogen) atoms. The summed E-state index contributed by atoms with van der Waals surface area (Å²) in [6.45, 7) is 10.1. The third-order valence-corrected chi connectivity index (χ3v) is 11.7. The van der Waals surface area contributed by atoms with Crippen LogP contribution in [-0.2, 0) is 14.3 Å². The Hall–Kier alpha value is -2.60. The summed E-state index contributed by atoms with van der Waals surface area (Å²) >= 11 is 0. The molecule has 228 valence electrons. The maximum absolute atomic E-state index is 14.0. The molecule has 0 bridgehead atoms. The maximum Gasteiger partial charge on any atom is 0.302 e. The van der Waals surface area contributed by atoms with Crippen LogP contribution in [0.25, 0.3) is 6.08 Å². The smallest absolute Gasteiger partial charge is 0.302 e. The van der Waals surface area contributed by atoms with Crippen molar-refractivity contribution in [3.05, 3.63) is 41.0 Å². The zero-order chi connectivity index (χ0) is 29.5. The molecule has 0 radical (unpaired) electrons. The van der Waals surface area contributed by atoms with Gasteiger partial charge in [0.25, 0.3) is 0 Å². The molecule has 6 atom stereocenters. The van der Waals surface area contributed by atoms with Crippen molar-refractivity contribution in [1.82, 2.24) is 4.90 Å². The number of nitrogens with zero attached hydrogens (tertiary/aromatic N) is 1. The number of allylic oxidation sites excluding steroid dienone is 2. The van der Waals surface area contributed by atoms with Crippen molar-refractivity contribution < 1.29 is 23.8 Å². The van der Waals surface area contributed by atoms with E-state index in [0.29, 0.717) is 30.1 Å². The molecule has 4 aliphatic carbocycles. The lowest BCUT2D eigenvalue weighted by Crippen LogP contribution is -2.50. The summed E-state index contributed by atoms with van der Waals surface area (Å²) in [6, 6.07) is 6.07. The van der Waals surface area contributed by atoms with Gasteiger partial charge in [-0.2, -0.15) is 0 Å². The van der Waals surface area contributed by atoms with Gasteiger partial charge in [-0.25, -0.2) is 0 Å². The molecule has 6 rings (SSSR count). The Labute approximate surface area is 251 Å². The lowest BCUT2D eigenvalue weighted by Gasteiger charge is -2.56. The number of likely N-dealkylation sites (tertiary alicyclic amines) is 1. The van der Waals surface area contributed by atoms with E-state index < -0.39 is 0 Å². The molecule has 1 heterocycles. The molecule has 0 amide bonds. The lowest BCUT2D eigenvalue weighted by molar-refractivity contribution is -0.148. The van der Waals surface area contributed by atoms with E-state index >= 15 is 0 Å². The third-order valence-electron chi connectivity index (χ3n) is 11.7. The number of hydrogen-bond acceptors (Lipinski definition) is 6. The SMILES string of the molecule is COc1cc(/C=C2/C[C@H]3[C@@H]4CC=C5C[C@@H](OC(C)=O)CC[C@]5(C)[C@H]4CC[C@]3(C)C2=O)ccc1OCCN1CCCCC1. The van der Waals surface area contributed by atoms with Crippen molar-refractivity contribution in [2.24, 2.45) is 28.6 Å². The van der Waals surface area contributed by atoms with Crippen LogP contribution in [0.4, 0.5) is 0 Å². The molecule has 0 N–H and O–H groups in total. The molecule has 1 aliphatic heterocycles. The lowest BCUT2D eigenvalue weighted by atomic mass is 9.48. The molecular formula is C36H49NO5. The predicted molar refractivity (Wildman–Crippen MR) is 164 cm³/mol. The Balaban J connectivity index is 1.16. The van der Waals surface area contributed by atoms with E-state index in [0.717, 1.165) is 87.2 Å². The molecule has 6 heteroatoms. The van der Waals surface area contributed by atoms with Crippen LogP contribution in [0, 0.1) is 28.6 Å². The molecule has 1 aromatic rings. The highest BCUT2D eigenvalue weighted by Crippen LogP contribution is 2.65. The normalized spacial score (nSPS) is 35.6. The van der Waals surface area contributed by atoms with Crippen LogP contribution in [0.5, 0.6) is 11.5 Å². The molecule has 5 aliphatic rings. The fourth-order valence-corrected chi connectivity index (χ4v) is 9.32. The van der Waals surface area contributed by atoms with Crippen molar-refractivity contribution >= 4 is 17.8 Å². The van der Waals surface area contributed by atoms with Gasteiger partial charge in [0.05, 0.1) is 7.11 Å². The van der Waals surface area contributed by atoms with E-state index in [9.17, 15) is 9.59 Å². The Bertz CT molecular complexity index is 1260. The summed E-state index contributed by atoms with van der Waals surface area (Å²) in [6.07, 6.45) is 15.3. The van der Waals surface area contributed by atoms with Gasteiger partial charge in [-0.15, -0.1) is 0 Å². The number of esters is 1. The van der Waals surface area contributed by atoms with Crippen LogP contribution >= 0.6 is 0 Å². The van der Waals surface area contributed by atoms with Gasteiger partial charge >= 0.3 is 5.97 Å². The number of ketones is 1. The number of ether oxygens (including phenoxy) is 3. The van der Waals surface area contributed by atoms with Gasteiger partial charge in [0.1, 0.15) is 12.7 Å². The maximum atomic E-state index is 14.0. The van der Waals surface area contributed by atoms with Gasteiger partial charge in [0.15, 0.2) is 17.3 Å². The van der Waals surface area contributed by atoms with Crippen LogP contribution in [0.3, 0.4) is 0 Å². The van der Waals surface area contributed by atoms with Crippen molar-refractivity contribution in [1.29, 1.82) is 0 Å². The first kappa shape index (κ1) is 29.5. The highest BCUT2D eigenvalue weighted by Gasteiger charge is 2.60. The summed E-state index contributed by atoms with van der Waals surface area (Å²) in [5, 5.41) is 0. The molecule has 0 unspecified atom stereocenters. The van der Waals surface area contributed by atoms with Gasteiger partial charge in [-0.3, -0.25) is 14.5 Å². The number of Topliss-reactive ketones (excluding diaryl/α,β-unsaturated/α-hetero) is 1. The summed E-state index contributed by atoms with van der Waals surface area (Å²) in [4.78, 5) is 28.0. The van der Waals surface area contributed by atoms with E-state index in [1.54, 1.807) is 7.11 Å². The average Bonchev–Trinajstić information content (AvgIpc) is 3.23. The van der Waals surface area contributed by atoms with Crippen LogP contribution in [0.15, 0.2) is 35.4 Å². The number of hydrogen-bond donors (Lipinski definition) is 0. The average molecular weight is 576 g/mol. The second-order valence-corrected chi connectivity index (χ2v) is 14.1. The molecule has 0 spiro atoms. The van der Waals surface area contributed by atoms with Crippen molar-refractivity contribution in [2.75, 3.05) is 33.4 Å². The molecule has 4 fully saturated rings. The number of carbonyl (C=O) groups is 2. The topological polar surface area (TPSA) is 65.1 Å². The van der Waals surface area contributed by atoms with Gasteiger partial charge in [-0.1, -0.05) is 38.0 Å². The van der Waals surface area contributed by atoms with Gasteiger partial charge < -0.3 is 14.2 Å². The number of methoxy groups -OCH3 is 1. The van der Waals surface area contributed by atoms with E-state index in [1.807, 2.05) is 12.1 Å². The Morgan fingerprint density at radius 1 is 1.02 bits per heavy atom. The molecule has 0 aromatic heterocycles. The molecule has 6 nitrogen and oxygen atoms in total. The molecule has 1 saturated heterocycles. The first-order valence-corrected chi connectivity index (χ1v) is 16.4. The summed E-state index contributed by atoms with van der Waals surface area (Å²) in [5.41, 5.74) is 3.30.